The molecule has 0 bridgehead atoms. The van der Waals surface area contributed by atoms with E-state index in [0.29, 0.717) is 5.41 Å². The van der Waals surface area contributed by atoms with E-state index in [1.807, 2.05) is 24.3 Å². The molecule has 2 N–H and O–H groups in total. The Kier molecular flexibility index (Phi) is 4.35. The monoisotopic (exact) mass is 262 g/mol. The van der Waals surface area contributed by atoms with E-state index in [1.165, 1.54) is 19.5 Å². The molecule has 0 spiro atoms. The number of nitrogen functional groups attached to an aromatic ring is 1. The van der Waals surface area contributed by atoms with Gasteiger partial charge < -0.3 is 10.5 Å². The van der Waals surface area contributed by atoms with Crippen LogP contribution in [0.15, 0.2) is 24.3 Å². The molecule has 0 aliphatic carbocycles. The third kappa shape index (κ3) is 4.13. The maximum Gasteiger partial charge on any atom is 0.119 e. The normalized spacial score (nSPS) is 20.7. The summed E-state index contributed by atoms with van der Waals surface area (Å²) < 4.78 is 5.75. The van der Waals surface area contributed by atoms with Gasteiger partial charge >= 0.3 is 0 Å². The molecule has 1 aromatic rings. The van der Waals surface area contributed by atoms with Crippen molar-refractivity contribution in [3.8, 4) is 5.75 Å². The summed E-state index contributed by atoms with van der Waals surface area (Å²) in [4.78, 5) is 2.51. The van der Waals surface area contributed by atoms with Crippen LogP contribution < -0.4 is 10.5 Å². The average molecular weight is 262 g/mol. The summed E-state index contributed by atoms with van der Waals surface area (Å²) in [7, 11) is 0. The van der Waals surface area contributed by atoms with E-state index in [2.05, 4.69) is 25.7 Å². The quantitative estimate of drug-likeness (QED) is 0.848. The second-order valence-electron chi connectivity index (χ2n) is 6.57. The Morgan fingerprint density at radius 3 is 2.53 bits per heavy atom. The first kappa shape index (κ1) is 14.2. The van der Waals surface area contributed by atoms with E-state index in [-0.39, 0.29) is 0 Å². The molecule has 1 fully saturated rings. The van der Waals surface area contributed by atoms with Crippen LogP contribution in [0.1, 0.15) is 27.2 Å². The van der Waals surface area contributed by atoms with Crippen LogP contribution in [0.3, 0.4) is 0 Å². The third-order valence-corrected chi connectivity index (χ3v) is 4.05. The Morgan fingerprint density at radius 1 is 1.26 bits per heavy atom. The molecule has 1 aliphatic rings. The fourth-order valence-corrected chi connectivity index (χ4v) is 2.60. The summed E-state index contributed by atoms with van der Waals surface area (Å²) in [5.41, 5.74) is 6.85. The van der Waals surface area contributed by atoms with Crippen LogP contribution in [0.25, 0.3) is 0 Å². The minimum atomic E-state index is 0.423. The first-order valence-electron chi connectivity index (χ1n) is 7.16. The zero-order valence-electron chi connectivity index (χ0n) is 12.4. The number of hydrogen-bond acceptors (Lipinski definition) is 3. The van der Waals surface area contributed by atoms with Gasteiger partial charge in [0.1, 0.15) is 12.4 Å². The number of nitrogens with zero attached hydrogens (tertiary/aromatic N) is 1. The molecule has 2 rings (SSSR count). The van der Waals surface area contributed by atoms with E-state index >= 15 is 0 Å². The molecule has 1 heterocycles. The number of likely N-dealkylation sites (tertiary alicyclic amines) is 1. The van der Waals surface area contributed by atoms with Gasteiger partial charge in [-0.05, 0) is 48.6 Å². The molecular weight excluding hydrogens is 236 g/mol. The van der Waals surface area contributed by atoms with Gasteiger partial charge in [0.05, 0.1) is 0 Å². The molecular formula is C16H26N2O. The van der Waals surface area contributed by atoms with Crippen molar-refractivity contribution >= 4 is 5.69 Å². The fourth-order valence-electron chi connectivity index (χ4n) is 2.60. The van der Waals surface area contributed by atoms with Gasteiger partial charge in [-0.3, -0.25) is 4.90 Å². The fraction of sp³-hybridized carbons (Fsp3) is 0.625. The van der Waals surface area contributed by atoms with Crippen molar-refractivity contribution in [2.75, 3.05) is 32.0 Å². The van der Waals surface area contributed by atoms with Crippen molar-refractivity contribution in [3.63, 3.8) is 0 Å². The van der Waals surface area contributed by atoms with Gasteiger partial charge in [0.2, 0.25) is 0 Å². The second kappa shape index (κ2) is 5.83. The van der Waals surface area contributed by atoms with E-state index in [0.717, 1.165) is 30.5 Å². The third-order valence-electron chi connectivity index (χ3n) is 4.05. The van der Waals surface area contributed by atoms with Crippen LogP contribution in [-0.4, -0.2) is 31.1 Å². The molecule has 0 saturated carbocycles. The maximum atomic E-state index is 5.75. The number of ether oxygens (including phenoxy) is 1. The van der Waals surface area contributed by atoms with E-state index in [1.54, 1.807) is 0 Å². The minimum absolute atomic E-state index is 0.423. The van der Waals surface area contributed by atoms with Crippen molar-refractivity contribution in [3.05, 3.63) is 24.3 Å². The molecule has 0 amide bonds. The first-order valence-corrected chi connectivity index (χ1v) is 7.16. The van der Waals surface area contributed by atoms with Crippen LogP contribution in [0.4, 0.5) is 5.69 Å². The van der Waals surface area contributed by atoms with Crippen molar-refractivity contribution in [1.29, 1.82) is 0 Å². The predicted molar refractivity (Wildman–Crippen MR) is 80.4 cm³/mol. The van der Waals surface area contributed by atoms with Gasteiger partial charge in [-0.25, -0.2) is 0 Å². The molecule has 1 aliphatic heterocycles. The number of anilines is 1. The van der Waals surface area contributed by atoms with Gasteiger partial charge in [-0.1, -0.05) is 20.8 Å². The largest absolute Gasteiger partial charge is 0.492 e. The van der Waals surface area contributed by atoms with Crippen LogP contribution in [-0.2, 0) is 0 Å². The average Bonchev–Trinajstić information content (AvgIpc) is 2.80. The second-order valence-corrected chi connectivity index (χ2v) is 6.57. The summed E-state index contributed by atoms with van der Waals surface area (Å²) >= 11 is 0. The lowest BCUT2D eigenvalue weighted by Crippen LogP contribution is -2.29. The predicted octanol–water partition coefficient (Wildman–Crippen LogP) is 3.02. The van der Waals surface area contributed by atoms with Crippen molar-refractivity contribution in [1.82, 2.24) is 4.90 Å². The highest BCUT2D eigenvalue weighted by Crippen LogP contribution is 2.33. The van der Waals surface area contributed by atoms with Crippen molar-refractivity contribution in [2.24, 2.45) is 11.3 Å². The lowest BCUT2D eigenvalue weighted by Gasteiger charge is -2.27. The zero-order valence-corrected chi connectivity index (χ0v) is 12.4. The topological polar surface area (TPSA) is 38.5 Å². The minimum Gasteiger partial charge on any atom is -0.492 e. The highest BCUT2D eigenvalue weighted by atomic mass is 16.5. The smallest absolute Gasteiger partial charge is 0.119 e. The molecule has 1 unspecified atom stereocenters. The summed E-state index contributed by atoms with van der Waals surface area (Å²) in [6, 6.07) is 7.61. The maximum absolute atomic E-state index is 5.75. The van der Waals surface area contributed by atoms with Gasteiger partial charge in [-0.15, -0.1) is 0 Å². The number of rotatable bonds is 4. The molecule has 1 atom stereocenters. The summed E-state index contributed by atoms with van der Waals surface area (Å²) in [5, 5.41) is 0. The number of hydrogen-bond donors (Lipinski definition) is 1. The number of benzene rings is 1. The summed E-state index contributed by atoms with van der Waals surface area (Å²) in [6.45, 7) is 11.2. The van der Waals surface area contributed by atoms with Gasteiger partial charge in [-0.2, -0.15) is 0 Å². The Hall–Kier alpha value is -1.22. The Morgan fingerprint density at radius 2 is 1.95 bits per heavy atom. The van der Waals surface area contributed by atoms with E-state index < -0.39 is 0 Å². The molecule has 0 aromatic heterocycles. The molecule has 106 valence electrons. The van der Waals surface area contributed by atoms with Gasteiger partial charge in [0.25, 0.3) is 0 Å². The van der Waals surface area contributed by atoms with Gasteiger partial charge in [0, 0.05) is 18.8 Å². The number of nitrogens with two attached hydrogens (primary N) is 1. The van der Waals surface area contributed by atoms with Crippen LogP contribution in [0, 0.1) is 11.3 Å². The van der Waals surface area contributed by atoms with Crippen LogP contribution in [0.5, 0.6) is 5.75 Å². The molecule has 19 heavy (non-hydrogen) atoms. The Labute approximate surface area is 116 Å². The lowest BCUT2D eigenvalue weighted by molar-refractivity contribution is 0.203. The highest BCUT2D eigenvalue weighted by Gasteiger charge is 2.31. The summed E-state index contributed by atoms with van der Waals surface area (Å²) in [5.74, 6) is 1.71. The Bertz CT molecular complexity index is 394. The molecule has 1 aromatic carbocycles. The Balaban J connectivity index is 1.71. The molecule has 3 heteroatoms. The van der Waals surface area contributed by atoms with E-state index in [9.17, 15) is 0 Å². The highest BCUT2D eigenvalue weighted by molar-refractivity contribution is 5.41. The van der Waals surface area contributed by atoms with Crippen molar-refractivity contribution in [2.45, 2.75) is 27.2 Å². The summed E-state index contributed by atoms with van der Waals surface area (Å²) in [6.07, 6.45) is 1.31. The first-order chi connectivity index (χ1) is 8.95. The molecule has 3 nitrogen and oxygen atoms in total. The van der Waals surface area contributed by atoms with Crippen LogP contribution in [0.2, 0.25) is 0 Å². The SMILES string of the molecule is CC(C)(C)C1CCN(CCOc2ccc(N)cc2)C1. The van der Waals surface area contributed by atoms with E-state index in [4.69, 9.17) is 10.5 Å². The lowest BCUT2D eigenvalue weighted by atomic mass is 9.80. The zero-order chi connectivity index (χ0) is 13.9. The molecule has 1 saturated heterocycles. The standard InChI is InChI=1S/C16H26N2O/c1-16(2,3)13-8-9-18(12-13)10-11-19-15-6-4-14(17)5-7-15/h4-7,13H,8-12,17H2,1-3H3. The van der Waals surface area contributed by atoms with Crippen LogP contribution >= 0.6 is 0 Å². The van der Waals surface area contributed by atoms with Crippen molar-refractivity contribution < 1.29 is 4.74 Å². The molecule has 0 radical (unpaired) electrons. The van der Waals surface area contributed by atoms with Gasteiger partial charge in [0.15, 0.2) is 0 Å².